The fraction of sp³-hybridized carbons (Fsp3) is 0.542. The zero-order valence-electron chi connectivity index (χ0n) is 16.3. The molecule has 1 atom stereocenters. The number of hydrogen-bond acceptors (Lipinski definition) is 2. The molecule has 0 radical (unpaired) electrons. The van der Waals surface area contributed by atoms with Crippen molar-refractivity contribution in [2.45, 2.75) is 70.6 Å². The Morgan fingerprint density at radius 3 is 2.52 bits per heavy atom. The molecule has 144 valence electrons. The van der Waals surface area contributed by atoms with Crippen LogP contribution in [0.1, 0.15) is 76.2 Å². The van der Waals surface area contributed by atoms with Gasteiger partial charge in [0.25, 0.3) is 0 Å². The molecule has 1 fully saturated rings. The minimum atomic E-state index is -0.830. The Balaban J connectivity index is 1.61. The number of carboxylic acid groups (broad SMARTS) is 1. The maximum atomic E-state index is 11.0. The number of carbonyl (C=O) groups is 1. The van der Waals surface area contributed by atoms with Crippen molar-refractivity contribution < 1.29 is 14.6 Å². The lowest BCUT2D eigenvalue weighted by Gasteiger charge is -2.38. The van der Waals surface area contributed by atoms with Gasteiger partial charge in [0.2, 0.25) is 0 Å². The summed E-state index contributed by atoms with van der Waals surface area (Å²) in [6.07, 6.45) is 13.1. The Kier molecular flexibility index (Phi) is 6.61. The van der Waals surface area contributed by atoms with Crippen molar-refractivity contribution in [2.75, 3.05) is 6.61 Å². The number of hydrogen-bond donors (Lipinski definition) is 1. The van der Waals surface area contributed by atoms with Gasteiger partial charge in [-0.05, 0) is 67.7 Å². The second-order valence-corrected chi connectivity index (χ2v) is 7.98. The molecule has 0 bridgehead atoms. The molecule has 1 N–H and O–H groups in total. The Labute approximate surface area is 162 Å². The average molecular weight is 367 g/mol. The van der Waals surface area contributed by atoms with Crippen molar-refractivity contribution >= 4 is 5.97 Å². The van der Waals surface area contributed by atoms with Gasteiger partial charge in [0.05, 0.1) is 12.3 Å². The number of allylic oxidation sites excluding steroid dienone is 1. The van der Waals surface area contributed by atoms with Crippen LogP contribution in [0.3, 0.4) is 0 Å². The molecule has 0 aliphatic heterocycles. The van der Waals surface area contributed by atoms with Crippen LogP contribution in [0.25, 0.3) is 0 Å². The van der Waals surface area contributed by atoms with Crippen molar-refractivity contribution in [3.05, 3.63) is 41.5 Å². The third kappa shape index (κ3) is 5.39. The highest BCUT2D eigenvalue weighted by Gasteiger charge is 2.32. The zero-order valence-corrected chi connectivity index (χ0v) is 16.3. The van der Waals surface area contributed by atoms with Crippen molar-refractivity contribution in [3.63, 3.8) is 0 Å². The fourth-order valence-corrected chi connectivity index (χ4v) is 4.58. The third-order valence-corrected chi connectivity index (χ3v) is 5.94. The van der Waals surface area contributed by atoms with Gasteiger partial charge in [-0.2, -0.15) is 0 Å². The molecule has 2 aliphatic carbocycles. The molecule has 0 unspecified atom stereocenters. The summed E-state index contributed by atoms with van der Waals surface area (Å²) in [6.45, 7) is 2.40. The largest absolute Gasteiger partial charge is 0.489 e. The molecule has 1 saturated carbocycles. The highest BCUT2D eigenvalue weighted by atomic mass is 16.5. The molecule has 2 aliphatic rings. The minimum Gasteiger partial charge on any atom is -0.489 e. The Morgan fingerprint density at radius 1 is 1.15 bits per heavy atom. The predicted molar refractivity (Wildman–Crippen MR) is 108 cm³/mol. The summed E-state index contributed by atoms with van der Waals surface area (Å²) in [5.74, 6) is 5.55. The van der Waals surface area contributed by atoms with E-state index in [1.54, 1.807) is 6.92 Å². The molecule has 1 aromatic rings. The number of rotatable bonds is 6. The minimum absolute atomic E-state index is 0.0238. The summed E-state index contributed by atoms with van der Waals surface area (Å²) in [6, 6.07) is 7.74. The Morgan fingerprint density at radius 2 is 1.85 bits per heavy atom. The lowest BCUT2D eigenvalue weighted by atomic mass is 9.67. The van der Waals surface area contributed by atoms with Gasteiger partial charge in [-0.1, -0.05) is 43.4 Å². The van der Waals surface area contributed by atoms with Crippen LogP contribution in [0, 0.1) is 17.3 Å². The molecular formula is C24H30O3. The van der Waals surface area contributed by atoms with E-state index in [2.05, 4.69) is 17.9 Å². The first-order chi connectivity index (χ1) is 13.1. The lowest BCUT2D eigenvalue weighted by Crippen LogP contribution is -2.25. The smallest absolute Gasteiger partial charge is 0.304 e. The van der Waals surface area contributed by atoms with Crippen LogP contribution in [0.4, 0.5) is 0 Å². The van der Waals surface area contributed by atoms with Gasteiger partial charge in [0.1, 0.15) is 12.4 Å². The topological polar surface area (TPSA) is 46.5 Å². The van der Waals surface area contributed by atoms with Crippen LogP contribution < -0.4 is 4.74 Å². The molecule has 3 heteroatoms. The summed E-state index contributed by atoms with van der Waals surface area (Å²) in [4.78, 5) is 11.0. The Bertz CT molecular complexity index is 727. The molecule has 0 heterocycles. The first kappa shape index (κ1) is 19.5. The third-order valence-electron chi connectivity index (χ3n) is 5.94. The van der Waals surface area contributed by atoms with E-state index in [4.69, 9.17) is 9.84 Å². The first-order valence-corrected chi connectivity index (χ1v) is 10.2. The van der Waals surface area contributed by atoms with Gasteiger partial charge in [0.15, 0.2) is 0 Å². The van der Waals surface area contributed by atoms with E-state index in [-0.39, 0.29) is 12.3 Å². The van der Waals surface area contributed by atoms with Crippen LogP contribution in [0.2, 0.25) is 0 Å². The maximum Gasteiger partial charge on any atom is 0.304 e. The van der Waals surface area contributed by atoms with E-state index in [1.165, 1.54) is 50.5 Å². The standard InChI is InChI=1S/C24H30O3/c1-2-7-21(16-23(25)26)20-9-11-22(12-10-20)27-18-19-8-6-15-24(17-19)13-4-3-5-14-24/h9-12,17,21H,3-6,8,13-16,18H2,1H3,(H,25,26)/t21-/m0/s1. The van der Waals surface area contributed by atoms with Gasteiger partial charge in [-0.25, -0.2) is 0 Å². The van der Waals surface area contributed by atoms with Crippen LogP contribution in [0.5, 0.6) is 5.75 Å². The van der Waals surface area contributed by atoms with Crippen molar-refractivity contribution in [2.24, 2.45) is 5.41 Å². The highest BCUT2D eigenvalue weighted by Crippen LogP contribution is 2.45. The first-order valence-electron chi connectivity index (χ1n) is 10.2. The second kappa shape index (κ2) is 9.13. The van der Waals surface area contributed by atoms with Gasteiger partial charge < -0.3 is 9.84 Å². The van der Waals surface area contributed by atoms with E-state index in [0.29, 0.717) is 12.0 Å². The van der Waals surface area contributed by atoms with E-state index in [0.717, 1.165) is 17.7 Å². The molecule has 1 spiro atoms. The van der Waals surface area contributed by atoms with Gasteiger partial charge >= 0.3 is 5.97 Å². The monoisotopic (exact) mass is 366 g/mol. The van der Waals surface area contributed by atoms with Crippen LogP contribution in [-0.4, -0.2) is 17.7 Å². The molecule has 0 amide bonds. The van der Waals surface area contributed by atoms with Crippen molar-refractivity contribution in [1.82, 2.24) is 0 Å². The quantitative estimate of drug-likeness (QED) is 0.518. The number of carboxylic acids is 1. The maximum absolute atomic E-state index is 11.0. The normalized spacial score (nSPS) is 19.5. The number of aliphatic carboxylic acids is 1. The molecule has 3 nitrogen and oxygen atoms in total. The molecule has 1 aromatic carbocycles. The van der Waals surface area contributed by atoms with E-state index in [1.807, 2.05) is 24.3 Å². The summed E-state index contributed by atoms with van der Waals surface area (Å²) in [7, 11) is 0. The van der Waals surface area contributed by atoms with Gasteiger partial charge in [0, 0.05) is 0 Å². The van der Waals surface area contributed by atoms with E-state index in [9.17, 15) is 4.79 Å². The highest BCUT2D eigenvalue weighted by molar-refractivity contribution is 5.69. The number of benzene rings is 1. The van der Waals surface area contributed by atoms with Gasteiger partial charge in [-0.15, -0.1) is 5.92 Å². The molecule has 3 rings (SSSR count). The van der Waals surface area contributed by atoms with Crippen molar-refractivity contribution in [3.8, 4) is 17.6 Å². The van der Waals surface area contributed by atoms with Crippen LogP contribution >= 0.6 is 0 Å². The summed E-state index contributed by atoms with van der Waals surface area (Å²) in [5, 5.41) is 9.06. The molecule has 0 saturated heterocycles. The van der Waals surface area contributed by atoms with Crippen LogP contribution in [0.15, 0.2) is 35.9 Å². The fourth-order valence-electron chi connectivity index (χ4n) is 4.58. The van der Waals surface area contributed by atoms with Gasteiger partial charge in [-0.3, -0.25) is 4.79 Å². The average Bonchev–Trinajstić information content (AvgIpc) is 2.67. The molecular weight excluding hydrogens is 336 g/mol. The Hall–Kier alpha value is -2.21. The number of ether oxygens (including phenoxy) is 1. The second-order valence-electron chi connectivity index (χ2n) is 7.98. The SMILES string of the molecule is CC#C[C@@H](CC(=O)O)c1ccc(OCC2=CC3(CCCCC3)CCC2)cc1. The van der Waals surface area contributed by atoms with Crippen LogP contribution in [-0.2, 0) is 4.79 Å². The van der Waals surface area contributed by atoms with E-state index < -0.39 is 5.97 Å². The zero-order chi connectivity index (χ0) is 19.1. The lowest BCUT2D eigenvalue weighted by molar-refractivity contribution is -0.137. The molecule has 0 aromatic heterocycles. The van der Waals surface area contributed by atoms with E-state index >= 15 is 0 Å². The summed E-state index contributed by atoms with van der Waals surface area (Å²) in [5.41, 5.74) is 2.81. The summed E-state index contributed by atoms with van der Waals surface area (Å²) >= 11 is 0. The predicted octanol–water partition coefficient (Wildman–Crippen LogP) is 5.71. The molecule has 27 heavy (non-hydrogen) atoms. The summed E-state index contributed by atoms with van der Waals surface area (Å²) < 4.78 is 6.03. The van der Waals surface area contributed by atoms with Crippen molar-refractivity contribution in [1.29, 1.82) is 0 Å².